The second-order valence-electron chi connectivity index (χ2n) is 7.25. The van der Waals surface area contributed by atoms with Gasteiger partial charge in [0.1, 0.15) is 11.6 Å². The number of hydrogen-bond acceptors (Lipinski definition) is 6. The highest BCUT2D eigenvalue weighted by atomic mass is 35.5. The Morgan fingerprint density at radius 2 is 1.68 bits per heavy atom. The molecule has 0 radical (unpaired) electrons. The molecule has 0 bridgehead atoms. The fourth-order valence-corrected chi connectivity index (χ4v) is 5.54. The maximum Gasteiger partial charge on any atom is 0.264 e. The molecular formula is C23H18Cl2N4O3S2. The summed E-state index contributed by atoms with van der Waals surface area (Å²) in [5.41, 5.74) is 2.18. The second-order valence-corrected chi connectivity index (χ2v) is 10.9. The zero-order valence-corrected chi connectivity index (χ0v) is 20.9. The SMILES string of the molecule is Cc1ccc(-c2nnc(NC(=O)CN(c3ccc(Cl)c(Cl)c3)S(=O)(=O)c3ccccc3)s2)cc1. The number of aromatic nitrogens is 2. The maximum atomic E-state index is 13.4. The Hall–Kier alpha value is -2.98. The number of amides is 1. The minimum absolute atomic E-state index is 0.0337. The zero-order chi connectivity index (χ0) is 24.3. The van der Waals surface area contributed by atoms with Gasteiger partial charge < -0.3 is 0 Å². The largest absolute Gasteiger partial charge is 0.299 e. The quantitative estimate of drug-likeness (QED) is 0.331. The molecule has 0 spiro atoms. The number of sulfonamides is 1. The predicted octanol–water partition coefficient (Wildman–Crippen LogP) is 5.65. The normalized spacial score (nSPS) is 11.3. The van der Waals surface area contributed by atoms with Gasteiger partial charge in [0.05, 0.1) is 20.6 Å². The molecule has 4 aromatic rings. The summed E-state index contributed by atoms with van der Waals surface area (Å²) in [5.74, 6) is -0.586. The Morgan fingerprint density at radius 3 is 2.35 bits per heavy atom. The molecule has 7 nitrogen and oxygen atoms in total. The molecule has 1 amide bonds. The summed E-state index contributed by atoms with van der Waals surface area (Å²) in [7, 11) is -4.07. The van der Waals surface area contributed by atoms with E-state index in [0.29, 0.717) is 5.01 Å². The topological polar surface area (TPSA) is 92.3 Å². The summed E-state index contributed by atoms with van der Waals surface area (Å²) in [6, 6.07) is 19.9. The van der Waals surface area contributed by atoms with Crippen LogP contribution in [0.1, 0.15) is 5.56 Å². The number of benzene rings is 3. The van der Waals surface area contributed by atoms with Crippen molar-refractivity contribution in [1.29, 1.82) is 0 Å². The molecule has 174 valence electrons. The van der Waals surface area contributed by atoms with Crippen molar-refractivity contribution < 1.29 is 13.2 Å². The van der Waals surface area contributed by atoms with Crippen LogP contribution in [0.3, 0.4) is 0 Å². The second kappa shape index (κ2) is 10.1. The van der Waals surface area contributed by atoms with E-state index in [0.717, 1.165) is 15.4 Å². The molecular weight excluding hydrogens is 515 g/mol. The van der Waals surface area contributed by atoms with E-state index in [9.17, 15) is 13.2 Å². The number of nitrogens with zero attached hydrogens (tertiary/aromatic N) is 3. The Bertz CT molecular complexity index is 1430. The molecule has 1 N–H and O–H groups in total. The highest BCUT2D eigenvalue weighted by Gasteiger charge is 2.28. The van der Waals surface area contributed by atoms with Gasteiger partial charge in [0, 0.05) is 5.56 Å². The van der Waals surface area contributed by atoms with Crippen molar-refractivity contribution in [1.82, 2.24) is 10.2 Å². The van der Waals surface area contributed by atoms with E-state index in [1.807, 2.05) is 31.2 Å². The van der Waals surface area contributed by atoms with Crippen LogP contribution in [0, 0.1) is 6.92 Å². The molecule has 1 aromatic heterocycles. The number of nitrogens with one attached hydrogen (secondary N) is 1. The summed E-state index contributed by atoms with van der Waals surface area (Å²) < 4.78 is 27.7. The van der Waals surface area contributed by atoms with Crippen LogP contribution in [-0.2, 0) is 14.8 Å². The lowest BCUT2D eigenvalue weighted by Crippen LogP contribution is -2.38. The van der Waals surface area contributed by atoms with Crippen LogP contribution in [0.5, 0.6) is 0 Å². The lowest BCUT2D eigenvalue weighted by molar-refractivity contribution is -0.114. The first-order chi connectivity index (χ1) is 16.2. The maximum absolute atomic E-state index is 13.4. The van der Waals surface area contributed by atoms with Crippen LogP contribution < -0.4 is 9.62 Å². The lowest BCUT2D eigenvalue weighted by atomic mass is 10.2. The zero-order valence-electron chi connectivity index (χ0n) is 17.8. The van der Waals surface area contributed by atoms with Gasteiger partial charge in [-0.2, -0.15) is 0 Å². The first-order valence-corrected chi connectivity index (χ1v) is 13.0. The Labute approximate surface area is 211 Å². The fourth-order valence-electron chi connectivity index (χ4n) is 3.05. The average molecular weight is 533 g/mol. The van der Waals surface area contributed by atoms with Crippen LogP contribution in [0.25, 0.3) is 10.6 Å². The summed E-state index contributed by atoms with van der Waals surface area (Å²) in [6.07, 6.45) is 0. The van der Waals surface area contributed by atoms with Crippen molar-refractivity contribution in [2.75, 3.05) is 16.2 Å². The third kappa shape index (κ3) is 5.39. The number of halogens is 2. The first-order valence-electron chi connectivity index (χ1n) is 9.97. The highest BCUT2D eigenvalue weighted by molar-refractivity contribution is 7.92. The third-order valence-corrected chi connectivity index (χ3v) is 8.19. The number of aryl methyl sites for hydroxylation is 1. The van der Waals surface area contributed by atoms with Crippen LogP contribution in [-0.4, -0.2) is 31.1 Å². The van der Waals surface area contributed by atoms with E-state index in [4.69, 9.17) is 23.2 Å². The molecule has 1 heterocycles. The minimum atomic E-state index is -4.07. The van der Waals surface area contributed by atoms with Gasteiger partial charge in [0.2, 0.25) is 11.0 Å². The third-order valence-electron chi connectivity index (χ3n) is 4.78. The van der Waals surface area contributed by atoms with Gasteiger partial charge in [-0.05, 0) is 37.3 Å². The summed E-state index contributed by atoms with van der Waals surface area (Å²) in [6.45, 7) is 1.48. The van der Waals surface area contributed by atoms with E-state index in [-0.39, 0.29) is 25.8 Å². The molecule has 0 saturated carbocycles. The van der Waals surface area contributed by atoms with Gasteiger partial charge in [-0.15, -0.1) is 10.2 Å². The van der Waals surface area contributed by atoms with Crippen molar-refractivity contribution >= 4 is 61.3 Å². The van der Waals surface area contributed by atoms with E-state index in [1.165, 1.54) is 41.7 Å². The Kier molecular flexibility index (Phi) is 7.18. The standard InChI is InChI=1S/C23H18Cl2N4O3S2/c1-15-7-9-16(10-8-15)22-27-28-23(33-22)26-21(30)14-29(17-11-12-19(24)20(25)13-17)34(31,32)18-5-3-2-4-6-18/h2-13H,14H2,1H3,(H,26,28,30). The summed E-state index contributed by atoms with van der Waals surface area (Å²) in [5, 5.41) is 12.1. The molecule has 3 aromatic carbocycles. The molecule has 4 rings (SSSR count). The van der Waals surface area contributed by atoms with E-state index in [2.05, 4.69) is 15.5 Å². The molecule has 0 aliphatic carbocycles. The van der Waals surface area contributed by atoms with Gasteiger partial charge in [-0.3, -0.25) is 14.4 Å². The van der Waals surface area contributed by atoms with Crippen molar-refractivity contribution in [3.63, 3.8) is 0 Å². The lowest BCUT2D eigenvalue weighted by Gasteiger charge is -2.24. The van der Waals surface area contributed by atoms with Crippen molar-refractivity contribution in [2.24, 2.45) is 0 Å². The summed E-state index contributed by atoms with van der Waals surface area (Å²) >= 11 is 13.3. The van der Waals surface area contributed by atoms with Gasteiger partial charge >= 0.3 is 0 Å². The number of hydrogen-bond donors (Lipinski definition) is 1. The van der Waals surface area contributed by atoms with Crippen molar-refractivity contribution in [2.45, 2.75) is 11.8 Å². The number of anilines is 2. The Balaban J connectivity index is 1.60. The first kappa shape index (κ1) is 24.2. The van der Waals surface area contributed by atoms with Crippen molar-refractivity contribution in [3.8, 4) is 10.6 Å². The van der Waals surface area contributed by atoms with E-state index < -0.39 is 22.5 Å². The van der Waals surface area contributed by atoms with Crippen LogP contribution >= 0.6 is 34.5 Å². The van der Waals surface area contributed by atoms with Crippen LogP contribution in [0.2, 0.25) is 10.0 Å². The van der Waals surface area contributed by atoms with Gasteiger partial charge in [-0.1, -0.05) is 82.6 Å². The molecule has 34 heavy (non-hydrogen) atoms. The monoisotopic (exact) mass is 532 g/mol. The molecule has 0 saturated heterocycles. The highest BCUT2D eigenvalue weighted by Crippen LogP contribution is 2.31. The Morgan fingerprint density at radius 1 is 0.971 bits per heavy atom. The van der Waals surface area contributed by atoms with E-state index >= 15 is 0 Å². The number of rotatable bonds is 7. The molecule has 0 aliphatic rings. The minimum Gasteiger partial charge on any atom is -0.299 e. The molecule has 0 atom stereocenters. The number of carbonyl (C=O) groups is 1. The molecule has 0 aliphatic heterocycles. The summed E-state index contributed by atoms with van der Waals surface area (Å²) in [4.78, 5) is 12.9. The van der Waals surface area contributed by atoms with Crippen LogP contribution in [0.15, 0.2) is 77.7 Å². The van der Waals surface area contributed by atoms with Crippen LogP contribution in [0.4, 0.5) is 10.8 Å². The van der Waals surface area contributed by atoms with E-state index in [1.54, 1.807) is 18.2 Å². The van der Waals surface area contributed by atoms with Crippen molar-refractivity contribution in [3.05, 3.63) is 88.4 Å². The smallest absolute Gasteiger partial charge is 0.264 e. The molecule has 0 fully saturated rings. The number of carbonyl (C=O) groups excluding carboxylic acids is 1. The van der Waals surface area contributed by atoms with Gasteiger partial charge in [-0.25, -0.2) is 8.42 Å². The van der Waals surface area contributed by atoms with Gasteiger partial charge in [0.15, 0.2) is 0 Å². The average Bonchev–Trinajstić information content (AvgIpc) is 3.28. The van der Waals surface area contributed by atoms with Gasteiger partial charge in [0.25, 0.3) is 10.0 Å². The molecule has 11 heteroatoms. The predicted molar refractivity (Wildman–Crippen MR) is 136 cm³/mol. The fraction of sp³-hybridized carbons (Fsp3) is 0.0870. The molecule has 0 unspecified atom stereocenters.